The minimum Gasteiger partial charge on any atom is -0.477 e. The number of amides is 1. The summed E-state index contributed by atoms with van der Waals surface area (Å²) in [7, 11) is 0. The summed E-state index contributed by atoms with van der Waals surface area (Å²) in [6.07, 6.45) is -0.315. The molecule has 3 heterocycles. The Bertz CT molecular complexity index is 1220. The molecule has 1 fully saturated rings. The molecule has 1 aliphatic rings. The van der Waals surface area contributed by atoms with E-state index >= 15 is 0 Å². The molecule has 0 saturated carbocycles. The van der Waals surface area contributed by atoms with Crippen LogP contribution in [0.25, 0.3) is 0 Å². The molecular formula is C24H24ClF4N5O2S. The number of aromatic nitrogens is 3. The number of thiazole rings is 1. The number of nitrogens with one attached hydrogen (secondary N) is 1. The van der Waals surface area contributed by atoms with Gasteiger partial charge in [0.15, 0.2) is 0 Å². The summed E-state index contributed by atoms with van der Waals surface area (Å²) in [4.78, 5) is 26.3. The highest BCUT2D eigenvalue weighted by Gasteiger charge is 2.32. The molecule has 0 bridgehead atoms. The van der Waals surface area contributed by atoms with E-state index in [2.05, 4.69) is 20.3 Å². The van der Waals surface area contributed by atoms with Crippen LogP contribution in [0.4, 0.5) is 17.6 Å². The first-order chi connectivity index (χ1) is 17.8. The first kappa shape index (κ1) is 27.2. The van der Waals surface area contributed by atoms with Gasteiger partial charge in [-0.25, -0.2) is 28.1 Å². The Hall–Kier alpha value is -2.83. The monoisotopic (exact) mass is 557 g/mol. The maximum atomic E-state index is 14.2. The highest BCUT2D eigenvalue weighted by molar-refractivity contribution is 7.09. The lowest BCUT2D eigenvalue weighted by atomic mass is 9.96. The van der Waals surface area contributed by atoms with Gasteiger partial charge in [-0.3, -0.25) is 9.69 Å². The van der Waals surface area contributed by atoms with E-state index in [-0.39, 0.29) is 40.2 Å². The van der Waals surface area contributed by atoms with Gasteiger partial charge >= 0.3 is 0 Å². The van der Waals surface area contributed by atoms with Crippen molar-refractivity contribution >= 4 is 28.8 Å². The van der Waals surface area contributed by atoms with Crippen LogP contribution >= 0.6 is 22.9 Å². The number of ether oxygens (including phenoxy) is 1. The van der Waals surface area contributed by atoms with Crippen molar-refractivity contribution in [1.82, 2.24) is 25.2 Å². The zero-order chi connectivity index (χ0) is 26.5. The van der Waals surface area contributed by atoms with Crippen LogP contribution in [0.3, 0.4) is 0 Å². The number of rotatable bonds is 9. The molecule has 0 spiro atoms. The summed E-state index contributed by atoms with van der Waals surface area (Å²) >= 11 is 7.09. The fourth-order valence-electron chi connectivity index (χ4n) is 4.24. The largest absolute Gasteiger partial charge is 0.477 e. The summed E-state index contributed by atoms with van der Waals surface area (Å²) in [6, 6.07) is 3.32. The number of carbonyl (C=O) groups excluding carboxylic acids is 1. The van der Waals surface area contributed by atoms with Crippen LogP contribution in [0, 0.1) is 24.6 Å². The average molecular weight is 558 g/mol. The van der Waals surface area contributed by atoms with E-state index in [1.165, 1.54) is 24.6 Å². The summed E-state index contributed by atoms with van der Waals surface area (Å²) < 4.78 is 60.9. The maximum Gasteiger partial charge on any atom is 0.281 e. The van der Waals surface area contributed by atoms with E-state index < -0.39 is 30.1 Å². The fraction of sp³-hybridized carbons (Fsp3) is 0.417. The van der Waals surface area contributed by atoms with Crippen molar-refractivity contribution in [2.24, 2.45) is 5.92 Å². The van der Waals surface area contributed by atoms with E-state index in [0.29, 0.717) is 37.4 Å². The molecule has 1 saturated heterocycles. The molecule has 3 aromatic rings. The number of halogens is 5. The van der Waals surface area contributed by atoms with Gasteiger partial charge in [-0.05, 0) is 50.9 Å². The number of hydrogen-bond donors (Lipinski definition) is 1. The summed E-state index contributed by atoms with van der Waals surface area (Å²) in [6.45, 7) is 2.89. The molecule has 1 amide bonds. The Kier molecular flexibility index (Phi) is 8.93. The van der Waals surface area contributed by atoms with Crippen LogP contribution in [-0.2, 0) is 0 Å². The van der Waals surface area contributed by atoms with Crippen LogP contribution in [0.5, 0.6) is 5.88 Å². The Morgan fingerprint density at radius 1 is 1.24 bits per heavy atom. The number of benzene rings is 1. The van der Waals surface area contributed by atoms with Gasteiger partial charge in [0.2, 0.25) is 11.8 Å². The molecule has 37 heavy (non-hydrogen) atoms. The van der Waals surface area contributed by atoms with Crippen molar-refractivity contribution in [3.63, 3.8) is 0 Å². The SMILES string of the molecule is Cc1c(F)ncnc1OCC1CCN(C(CNC(=O)c2c(F)cccc2Cl)c2scnc2C(F)F)CC1. The maximum absolute atomic E-state index is 14.2. The van der Waals surface area contributed by atoms with E-state index in [0.717, 1.165) is 23.7 Å². The van der Waals surface area contributed by atoms with Crippen LogP contribution in [0.15, 0.2) is 30.0 Å². The lowest BCUT2D eigenvalue weighted by molar-refractivity contribution is 0.0866. The molecule has 2 aromatic heterocycles. The predicted molar refractivity (Wildman–Crippen MR) is 130 cm³/mol. The summed E-state index contributed by atoms with van der Waals surface area (Å²) in [5.41, 5.74) is 0.951. The molecule has 0 aliphatic carbocycles. The fourth-order valence-corrected chi connectivity index (χ4v) is 5.43. The van der Waals surface area contributed by atoms with Crippen molar-refractivity contribution in [3.8, 4) is 5.88 Å². The standard InChI is InChI=1S/C24H24ClF4N5O2S/c1-13-22(29)31-11-32-24(13)36-10-14-5-7-34(8-6-14)17(20-19(21(27)28)33-12-37-20)9-30-23(35)18-15(25)3-2-4-16(18)26/h2-4,11-12,14,17,21H,5-10H2,1H3,(H,30,35). The van der Waals surface area contributed by atoms with Gasteiger partial charge in [0.05, 0.1) is 39.2 Å². The molecular weight excluding hydrogens is 534 g/mol. The van der Waals surface area contributed by atoms with E-state index in [1.54, 1.807) is 0 Å². The van der Waals surface area contributed by atoms with Crippen LogP contribution in [-0.4, -0.2) is 52.0 Å². The Morgan fingerprint density at radius 2 is 2.00 bits per heavy atom. The highest BCUT2D eigenvalue weighted by atomic mass is 35.5. The number of hydrogen-bond acceptors (Lipinski definition) is 7. The van der Waals surface area contributed by atoms with Crippen LogP contribution in [0.1, 0.15) is 51.8 Å². The van der Waals surface area contributed by atoms with Crippen molar-refractivity contribution < 1.29 is 27.1 Å². The number of likely N-dealkylation sites (tertiary alicyclic amines) is 1. The molecule has 198 valence electrons. The van der Waals surface area contributed by atoms with E-state index in [9.17, 15) is 22.4 Å². The van der Waals surface area contributed by atoms with Gasteiger partial charge in [0.1, 0.15) is 17.8 Å². The molecule has 7 nitrogen and oxygen atoms in total. The Labute approximate surface area is 219 Å². The molecule has 1 N–H and O–H groups in total. The second-order valence-electron chi connectivity index (χ2n) is 8.61. The molecule has 4 rings (SSSR count). The van der Waals surface area contributed by atoms with Gasteiger partial charge in [-0.2, -0.15) is 4.39 Å². The number of nitrogens with zero attached hydrogens (tertiary/aromatic N) is 4. The smallest absolute Gasteiger partial charge is 0.281 e. The van der Waals surface area contributed by atoms with Crippen molar-refractivity contribution in [2.75, 3.05) is 26.2 Å². The summed E-state index contributed by atoms with van der Waals surface area (Å²) in [5.74, 6) is -1.81. The molecule has 1 aromatic carbocycles. The third-order valence-corrected chi connectivity index (χ3v) is 7.56. The molecule has 0 radical (unpaired) electrons. The van der Waals surface area contributed by atoms with E-state index in [1.807, 2.05) is 4.90 Å². The summed E-state index contributed by atoms with van der Waals surface area (Å²) in [5, 5.41) is 2.61. The second kappa shape index (κ2) is 12.1. The molecule has 13 heteroatoms. The third-order valence-electron chi connectivity index (χ3n) is 6.30. The van der Waals surface area contributed by atoms with Crippen LogP contribution < -0.4 is 10.1 Å². The van der Waals surface area contributed by atoms with Gasteiger partial charge < -0.3 is 10.1 Å². The lowest BCUT2D eigenvalue weighted by Crippen LogP contribution is -2.43. The normalized spacial score (nSPS) is 15.6. The van der Waals surface area contributed by atoms with Gasteiger partial charge in [-0.15, -0.1) is 11.3 Å². The van der Waals surface area contributed by atoms with E-state index in [4.69, 9.17) is 16.3 Å². The number of carbonyl (C=O) groups is 1. The molecule has 1 aliphatic heterocycles. The third kappa shape index (κ3) is 6.36. The quantitative estimate of drug-likeness (QED) is 0.281. The van der Waals surface area contributed by atoms with Crippen molar-refractivity contribution in [3.05, 3.63) is 68.5 Å². The van der Waals surface area contributed by atoms with Crippen LogP contribution in [0.2, 0.25) is 5.02 Å². The van der Waals surface area contributed by atoms with Crippen molar-refractivity contribution in [2.45, 2.75) is 32.2 Å². The second-order valence-corrected chi connectivity index (χ2v) is 9.90. The van der Waals surface area contributed by atoms with Gasteiger partial charge in [-0.1, -0.05) is 17.7 Å². The Morgan fingerprint density at radius 3 is 2.70 bits per heavy atom. The van der Waals surface area contributed by atoms with Gasteiger partial charge in [0.25, 0.3) is 12.3 Å². The predicted octanol–water partition coefficient (Wildman–Crippen LogP) is 5.37. The highest BCUT2D eigenvalue weighted by Crippen LogP contribution is 2.35. The first-order valence-corrected chi connectivity index (χ1v) is 12.8. The zero-order valence-corrected chi connectivity index (χ0v) is 21.3. The average Bonchev–Trinajstić information content (AvgIpc) is 3.36. The zero-order valence-electron chi connectivity index (χ0n) is 19.8. The minimum atomic E-state index is -2.78. The number of alkyl halides is 2. The molecule has 1 atom stereocenters. The first-order valence-electron chi connectivity index (χ1n) is 11.5. The van der Waals surface area contributed by atoms with Gasteiger partial charge in [0, 0.05) is 6.54 Å². The molecule has 1 unspecified atom stereocenters. The minimum absolute atomic E-state index is 0.0357. The number of piperidine rings is 1. The lowest BCUT2D eigenvalue weighted by Gasteiger charge is -2.37. The topological polar surface area (TPSA) is 80.2 Å². The van der Waals surface area contributed by atoms with Crippen molar-refractivity contribution in [1.29, 1.82) is 0 Å². The Balaban J connectivity index is 1.44.